The third kappa shape index (κ3) is 5.59. The molecule has 0 heterocycles. The standard InChI is InChI=1S/C10H16O2/c1-4-5-6-7-8-9-10(11-2)12-3/h4-6,9H,1,7-8H2,2-3H3. The summed E-state index contributed by atoms with van der Waals surface area (Å²) in [5, 5.41) is 0. The fraction of sp³-hybridized carbons (Fsp3) is 0.400. The number of ether oxygens (including phenoxy) is 2. The van der Waals surface area contributed by atoms with E-state index in [2.05, 4.69) is 6.58 Å². The van der Waals surface area contributed by atoms with Crippen LogP contribution in [-0.2, 0) is 9.47 Å². The van der Waals surface area contributed by atoms with E-state index >= 15 is 0 Å². The van der Waals surface area contributed by atoms with Crippen LogP contribution in [0.1, 0.15) is 12.8 Å². The molecule has 0 saturated carbocycles. The molecular weight excluding hydrogens is 152 g/mol. The average Bonchev–Trinajstić information content (AvgIpc) is 2.11. The van der Waals surface area contributed by atoms with E-state index in [1.165, 1.54) is 0 Å². The van der Waals surface area contributed by atoms with Crippen molar-refractivity contribution < 1.29 is 9.47 Å². The monoisotopic (exact) mass is 168 g/mol. The van der Waals surface area contributed by atoms with E-state index in [9.17, 15) is 0 Å². The van der Waals surface area contributed by atoms with Crippen molar-refractivity contribution in [3.8, 4) is 0 Å². The fourth-order valence-corrected chi connectivity index (χ4v) is 0.740. The third-order valence-electron chi connectivity index (χ3n) is 1.32. The van der Waals surface area contributed by atoms with Gasteiger partial charge >= 0.3 is 0 Å². The molecule has 0 atom stereocenters. The quantitative estimate of drug-likeness (QED) is 0.345. The van der Waals surface area contributed by atoms with Crippen LogP contribution in [-0.4, -0.2) is 14.2 Å². The summed E-state index contributed by atoms with van der Waals surface area (Å²) >= 11 is 0. The first-order chi connectivity index (χ1) is 5.85. The van der Waals surface area contributed by atoms with Crippen molar-refractivity contribution >= 4 is 0 Å². The molecule has 0 rings (SSSR count). The summed E-state index contributed by atoms with van der Waals surface area (Å²) in [7, 11) is 3.18. The van der Waals surface area contributed by atoms with Gasteiger partial charge in [-0.2, -0.15) is 0 Å². The first-order valence-corrected chi connectivity index (χ1v) is 3.90. The Morgan fingerprint density at radius 2 is 1.92 bits per heavy atom. The fourth-order valence-electron chi connectivity index (χ4n) is 0.740. The zero-order valence-electron chi connectivity index (χ0n) is 7.75. The van der Waals surface area contributed by atoms with Crippen LogP contribution in [0.4, 0.5) is 0 Å². The predicted molar refractivity (Wildman–Crippen MR) is 50.7 cm³/mol. The molecule has 0 bridgehead atoms. The molecule has 0 spiro atoms. The van der Waals surface area contributed by atoms with E-state index in [0.717, 1.165) is 12.8 Å². The molecule has 0 aromatic heterocycles. The molecule has 0 saturated heterocycles. The van der Waals surface area contributed by atoms with Gasteiger partial charge in [-0.1, -0.05) is 24.8 Å². The van der Waals surface area contributed by atoms with Crippen molar-refractivity contribution in [2.75, 3.05) is 14.2 Å². The van der Waals surface area contributed by atoms with Crippen molar-refractivity contribution in [2.45, 2.75) is 12.8 Å². The van der Waals surface area contributed by atoms with Crippen LogP contribution in [0, 0.1) is 0 Å². The van der Waals surface area contributed by atoms with Crippen LogP contribution < -0.4 is 0 Å². The van der Waals surface area contributed by atoms with Gasteiger partial charge in [0.25, 0.3) is 5.95 Å². The van der Waals surface area contributed by atoms with E-state index < -0.39 is 0 Å². The molecule has 12 heavy (non-hydrogen) atoms. The summed E-state index contributed by atoms with van der Waals surface area (Å²) in [6, 6.07) is 0. The Morgan fingerprint density at radius 3 is 2.42 bits per heavy atom. The topological polar surface area (TPSA) is 18.5 Å². The Kier molecular flexibility index (Phi) is 7.14. The van der Waals surface area contributed by atoms with E-state index in [0.29, 0.717) is 5.95 Å². The zero-order chi connectivity index (χ0) is 9.23. The van der Waals surface area contributed by atoms with Gasteiger partial charge in [-0.15, -0.1) is 0 Å². The maximum absolute atomic E-state index is 4.90. The van der Waals surface area contributed by atoms with Crippen LogP contribution in [0.5, 0.6) is 0 Å². The van der Waals surface area contributed by atoms with Gasteiger partial charge in [0.15, 0.2) is 0 Å². The van der Waals surface area contributed by atoms with Gasteiger partial charge in [0, 0.05) is 0 Å². The van der Waals surface area contributed by atoms with Gasteiger partial charge in [-0.05, 0) is 18.9 Å². The minimum absolute atomic E-state index is 0.571. The van der Waals surface area contributed by atoms with Crippen molar-refractivity contribution in [1.82, 2.24) is 0 Å². The molecule has 2 heteroatoms. The number of rotatable bonds is 6. The van der Waals surface area contributed by atoms with Crippen molar-refractivity contribution in [1.29, 1.82) is 0 Å². The lowest BCUT2D eigenvalue weighted by Crippen LogP contribution is -1.88. The van der Waals surface area contributed by atoms with Gasteiger partial charge in [0.1, 0.15) is 0 Å². The minimum Gasteiger partial charge on any atom is -0.469 e. The number of hydrogen-bond donors (Lipinski definition) is 0. The largest absolute Gasteiger partial charge is 0.469 e. The van der Waals surface area contributed by atoms with E-state index in [-0.39, 0.29) is 0 Å². The molecule has 68 valence electrons. The van der Waals surface area contributed by atoms with Crippen molar-refractivity contribution in [2.24, 2.45) is 0 Å². The van der Waals surface area contributed by atoms with E-state index in [4.69, 9.17) is 9.47 Å². The van der Waals surface area contributed by atoms with Gasteiger partial charge in [-0.25, -0.2) is 0 Å². The number of methoxy groups -OCH3 is 2. The normalized spacial score (nSPS) is 9.50. The second-order valence-electron chi connectivity index (χ2n) is 2.17. The highest BCUT2D eigenvalue weighted by atomic mass is 16.7. The SMILES string of the molecule is C=CC=CCCC=C(OC)OC. The second-order valence-corrected chi connectivity index (χ2v) is 2.17. The van der Waals surface area contributed by atoms with Crippen molar-refractivity contribution in [3.05, 3.63) is 36.8 Å². The lowest BCUT2D eigenvalue weighted by Gasteiger charge is -2.01. The van der Waals surface area contributed by atoms with Crippen LogP contribution in [0.3, 0.4) is 0 Å². The summed E-state index contributed by atoms with van der Waals surface area (Å²) in [5.41, 5.74) is 0. The highest BCUT2D eigenvalue weighted by Gasteiger charge is 1.89. The lowest BCUT2D eigenvalue weighted by molar-refractivity contribution is 0.0939. The molecule has 0 aliphatic rings. The lowest BCUT2D eigenvalue weighted by atomic mass is 10.3. The Labute approximate surface area is 74.2 Å². The first kappa shape index (κ1) is 10.8. The molecule has 0 radical (unpaired) electrons. The number of unbranched alkanes of at least 4 members (excludes halogenated alkanes) is 1. The average molecular weight is 168 g/mol. The molecule has 0 aromatic carbocycles. The predicted octanol–water partition coefficient (Wildman–Crippen LogP) is 2.64. The van der Waals surface area contributed by atoms with Crippen LogP contribution in [0.25, 0.3) is 0 Å². The molecule has 2 nitrogen and oxygen atoms in total. The highest BCUT2D eigenvalue weighted by Crippen LogP contribution is 2.00. The summed E-state index contributed by atoms with van der Waals surface area (Å²) in [6.07, 6.45) is 9.54. The molecule has 0 unspecified atom stereocenters. The van der Waals surface area contributed by atoms with E-state index in [1.807, 2.05) is 18.2 Å². The number of allylic oxidation sites excluding steroid dienone is 4. The van der Waals surface area contributed by atoms with Crippen LogP contribution in [0.15, 0.2) is 36.8 Å². The van der Waals surface area contributed by atoms with Crippen molar-refractivity contribution in [3.63, 3.8) is 0 Å². The second kappa shape index (κ2) is 7.92. The third-order valence-corrected chi connectivity index (χ3v) is 1.32. The maximum Gasteiger partial charge on any atom is 0.274 e. The molecule has 0 amide bonds. The Balaban J connectivity index is 3.57. The van der Waals surface area contributed by atoms with Gasteiger partial charge in [-0.3, -0.25) is 0 Å². The molecular formula is C10H16O2. The maximum atomic E-state index is 4.90. The first-order valence-electron chi connectivity index (χ1n) is 3.90. The molecule has 0 fully saturated rings. The molecule has 0 aliphatic carbocycles. The zero-order valence-corrected chi connectivity index (χ0v) is 7.75. The summed E-state index contributed by atoms with van der Waals surface area (Å²) < 4.78 is 9.80. The Morgan fingerprint density at radius 1 is 1.25 bits per heavy atom. The summed E-state index contributed by atoms with van der Waals surface area (Å²) in [5.74, 6) is 0.571. The summed E-state index contributed by atoms with van der Waals surface area (Å²) in [4.78, 5) is 0. The molecule has 0 N–H and O–H groups in total. The van der Waals surface area contributed by atoms with E-state index in [1.54, 1.807) is 20.3 Å². The smallest absolute Gasteiger partial charge is 0.274 e. The molecule has 0 aromatic rings. The van der Waals surface area contributed by atoms with Gasteiger partial charge in [0.05, 0.1) is 14.2 Å². The number of hydrogen-bond acceptors (Lipinski definition) is 2. The Hall–Kier alpha value is -1.18. The summed E-state index contributed by atoms with van der Waals surface area (Å²) in [6.45, 7) is 3.57. The van der Waals surface area contributed by atoms with Gasteiger partial charge in [0.2, 0.25) is 0 Å². The van der Waals surface area contributed by atoms with Gasteiger partial charge < -0.3 is 9.47 Å². The van der Waals surface area contributed by atoms with Crippen LogP contribution >= 0.6 is 0 Å². The molecule has 0 aliphatic heterocycles. The Bertz CT molecular complexity index is 163. The highest BCUT2D eigenvalue weighted by molar-refractivity contribution is 4.98. The van der Waals surface area contributed by atoms with Crippen LogP contribution in [0.2, 0.25) is 0 Å². The minimum atomic E-state index is 0.571.